The van der Waals surface area contributed by atoms with Crippen molar-refractivity contribution in [3.05, 3.63) is 77.9 Å². The number of benzene rings is 2. The first-order chi connectivity index (χ1) is 18.0. The predicted octanol–water partition coefficient (Wildman–Crippen LogP) is 4.08. The van der Waals surface area contributed by atoms with Crippen LogP contribution in [0.1, 0.15) is 28.7 Å². The van der Waals surface area contributed by atoms with E-state index >= 15 is 0 Å². The fraction of sp³-hybridized carbons (Fsp3) is 0.286. The highest BCUT2D eigenvalue weighted by molar-refractivity contribution is 6.08. The first kappa shape index (κ1) is 25.7. The molecule has 9 heteroatoms. The van der Waals surface area contributed by atoms with Crippen LogP contribution in [0.15, 0.2) is 65.3 Å². The van der Waals surface area contributed by atoms with Crippen LogP contribution < -0.4 is 24.8 Å². The number of hydrogen-bond acceptors (Lipinski definition) is 6. The lowest BCUT2D eigenvalue weighted by Gasteiger charge is -2.11. The lowest BCUT2D eigenvalue weighted by atomic mass is 10.1. The number of fused-ring (bicyclic) bond motifs is 1. The maximum absolute atomic E-state index is 13.1. The number of nitrogens with one attached hydrogen (secondary N) is 2. The van der Waals surface area contributed by atoms with Gasteiger partial charge < -0.3 is 33.8 Å². The molecule has 0 fully saturated rings. The summed E-state index contributed by atoms with van der Waals surface area (Å²) in [5.74, 6) is 1.95. The van der Waals surface area contributed by atoms with E-state index in [1.165, 1.54) is 0 Å². The third-order valence-electron chi connectivity index (χ3n) is 5.96. The van der Waals surface area contributed by atoms with E-state index in [2.05, 4.69) is 15.2 Å². The van der Waals surface area contributed by atoms with Gasteiger partial charge in [0.2, 0.25) is 0 Å². The number of carbonyl (C=O) groups is 2. The molecule has 0 aliphatic rings. The molecule has 0 saturated heterocycles. The van der Waals surface area contributed by atoms with Crippen LogP contribution in [0.2, 0.25) is 0 Å². The number of aromatic nitrogens is 1. The smallest absolute Gasteiger partial charge is 0.258 e. The zero-order valence-electron chi connectivity index (χ0n) is 21.2. The average molecular weight is 506 g/mol. The molecular weight excluding hydrogens is 474 g/mol. The van der Waals surface area contributed by atoms with Gasteiger partial charge in [0.25, 0.3) is 11.8 Å². The number of para-hydroxylation sites is 2. The van der Waals surface area contributed by atoms with Gasteiger partial charge >= 0.3 is 0 Å². The molecule has 37 heavy (non-hydrogen) atoms. The first-order valence-electron chi connectivity index (χ1n) is 12.1. The predicted molar refractivity (Wildman–Crippen MR) is 139 cm³/mol. The molecule has 0 unspecified atom stereocenters. The zero-order chi connectivity index (χ0) is 26.2. The normalized spacial score (nSPS) is 10.8. The first-order valence-corrected chi connectivity index (χ1v) is 12.1. The Morgan fingerprint density at radius 2 is 1.81 bits per heavy atom. The topological polar surface area (TPSA) is 104 Å². The van der Waals surface area contributed by atoms with Gasteiger partial charge in [-0.05, 0) is 56.3 Å². The third-order valence-corrected chi connectivity index (χ3v) is 5.96. The van der Waals surface area contributed by atoms with Crippen molar-refractivity contribution in [1.29, 1.82) is 0 Å². The maximum atomic E-state index is 13.1. The Bertz CT molecular complexity index is 1360. The molecule has 0 saturated carbocycles. The molecule has 2 aromatic heterocycles. The molecule has 0 aliphatic heterocycles. The van der Waals surface area contributed by atoms with Gasteiger partial charge in [0.15, 0.2) is 18.1 Å². The Morgan fingerprint density at radius 3 is 2.54 bits per heavy atom. The van der Waals surface area contributed by atoms with Gasteiger partial charge in [0.05, 0.1) is 32.0 Å². The molecule has 4 aromatic rings. The van der Waals surface area contributed by atoms with Crippen molar-refractivity contribution >= 4 is 22.7 Å². The van der Waals surface area contributed by atoms with Crippen LogP contribution in [-0.2, 0) is 17.9 Å². The summed E-state index contributed by atoms with van der Waals surface area (Å²) in [6.07, 6.45) is 1.57. The summed E-state index contributed by atoms with van der Waals surface area (Å²) in [6.45, 7) is 5.41. The largest absolute Gasteiger partial charge is 0.493 e. The van der Waals surface area contributed by atoms with Crippen LogP contribution in [0.25, 0.3) is 10.9 Å². The number of rotatable bonds is 12. The quantitative estimate of drug-likeness (QED) is 0.281. The van der Waals surface area contributed by atoms with Crippen LogP contribution in [0, 0.1) is 6.92 Å². The van der Waals surface area contributed by atoms with Crippen LogP contribution in [0.3, 0.4) is 0 Å². The number of ether oxygens (including phenoxy) is 3. The van der Waals surface area contributed by atoms with Gasteiger partial charge in [-0.15, -0.1) is 0 Å². The van der Waals surface area contributed by atoms with Gasteiger partial charge in [-0.1, -0.05) is 12.1 Å². The number of furan rings is 1. The summed E-state index contributed by atoms with van der Waals surface area (Å²) in [7, 11) is 1.58. The monoisotopic (exact) mass is 505 g/mol. The fourth-order valence-corrected chi connectivity index (χ4v) is 4.20. The van der Waals surface area contributed by atoms with Crippen molar-refractivity contribution in [2.45, 2.75) is 26.9 Å². The second-order valence-electron chi connectivity index (χ2n) is 8.28. The standard InChI is InChI=1S/C28H31N3O6/c1-4-31-19(2)27(28(33)30-17-21-8-7-14-35-21)22-16-20(11-12-23(22)31)37-18-26(32)29-13-15-36-25-10-6-5-9-24(25)34-3/h5-12,14,16H,4,13,15,17-18H2,1-3H3,(H,29,32)(H,30,33). The Morgan fingerprint density at radius 1 is 1.00 bits per heavy atom. The molecule has 4 rings (SSSR count). The summed E-state index contributed by atoms with van der Waals surface area (Å²) in [6, 6.07) is 16.4. The van der Waals surface area contributed by atoms with Crippen molar-refractivity contribution in [2.75, 3.05) is 26.9 Å². The number of methoxy groups -OCH3 is 1. The van der Waals surface area contributed by atoms with Crippen molar-refractivity contribution in [3.8, 4) is 17.2 Å². The zero-order valence-corrected chi connectivity index (χ0v) is 21.2. The van der Waals surface area contributed by atoms with Crippen LogP contribution >= 0.6 is 0 Å². The summed E-state index contributed by atoms with van der Waals surface area (Å²) < 4.78 is 24.0. The van der Waals surface area contributed by atoms with Crippen LogP contribution in [0.5, 0.6) is 17.2 Å². The Kier molecular flexibility index (Phi) is 8.35. The molecule has 0 atom stereocenters. The van der Waals surface area contributed by atoms with E-state index in [1.54, 1.807) is 37.6 Å². The summed E-state index contributed by atoms with van der Waals surface area (Å²) in [4.78, 5) is 25.4. The van der Waals surface area contributed by atoms with Gasteiger partial charge in [-0.3, -0.25) is 9.59 Å². The number of aryl methyl sites for hydroxylation is 1. The van der Waals surface area contributed by atoms with Crippen molar-refractivity contribution in [3.63, 3.8) is 0 Å². The summed E-state index contributed by atoms with van der Waals surface area (Å²) >= 11 is 0. The molecule has 194 valence electrons. The molecule has 0 bridgehead atoms. The average Bonchev–Trinajstić information content (AvgIpc) is 3.53. The summed E-state index contributed by atoms with van der Waals surface area (Å²) in [5.41, 5.74) is 2.36. The van der Waals surface area contributed by atoms with Gasteiger partial charge in [-0.25, -0.2) is 0 Å². The molecule has 0 spiro atoms. The minimum atomic E-state index is -0.276. The lowest BCUT2D eigenvalue weighted by Crippen LogP contribution is -2.32. The van der Waals surface area contributed by atoms with Crippen molar-refractivity contribution < 1.29 is 28.2 Å². The van der Waals surface area contributed by atoms with Crippen molar-refractivity contribution in [2.24, 2.45) is 0 Å². The maximum Gasteiger partial charge on any atom is 0.258 e. The molecule has 0 radical (unpaired) electrons. The van der Waals surface area contributed by atoms with E-state index in [0.717, 1.165) is 16.6 Å². The van der Waals surface area contributed by atoms with Crippen LogP contribution in [-0.4, -0.2) is 43.2 Å². The van der Waals surface area contributed by atoms with E-state index in [0.29, 0.717) is 54.8 Å². The highest BCUT2D eigenvalue weighted by atomic mass is 16.5. The minimum absolute atomic E-state index is 0.159. The van der Waals surface area contributed by atoms with E-state index in [1.807, 2.05) is 44.2 Å². The second kappa shape index (κ2) is 12.0. The Balaban J connectivity index is 1.36. The highest BCUT2D eigenvalue weighted by Gasteiger charge is 2.20. The molecule has 2 aromatic carbocycles. The SMILES string of the molecule is CCn1c(C)c(C(=O)NCc2ccco2)c2cc(OCC(=O)NCCOc3ccccc3OC)ccc21. The summed E-state index contributed by atoms with van der Waals surface area (Å²) in [5, 5.41) is 6.45. The van der Waals surface area contributed by atoms with Gasteiger partial charge in [0, 0.05) is 23.1 Å². The molecule has 0 aliphatic carbocycles. The molecule has 2 N–H and O–H groups in total. The van der Waals surface area contributed by atoms with Crippen molar-refractivity contribution in [1.82, 2.24) is 15.2 Å². The molecule has 2 amide bonds. The molecular formula is C28H31N3O6. The number of amides is 2. The Labute approximate surface area is 215 Å². The van der Waals surface area contributed by atoms with Crippen LogP contribution in [0.4, 0.5) is 0 Å². The number of carbonyl (C=O) groups excluding carboxylic acids is 2. The van der Waals surface area contributed by atoms with E-state index in [4.69, 9.17) is 18.6 Å². The van der Waals surface area contributed by atoms with E-state index in [9.17, 15) is 9.59 Å². The van der Waals surface area contributed by atoms with E-state index < -0.39 is 0 Å². The molecule has 2 heterocycles. The minimum Gasteiger partial charge on any atom is -0.493 e. The highest BCUT2D eigenvalue weighted by Crippen LogP contribution is 2.30. The number of nitrogens with zero attached hydrogens (tertiary/aromatic N) is 1. The third kappa shape index (κ3) is 6.06. The Hall–Kier alpha value is -4.40. The van der Waals surface area contributed by atoms with Gasteiger partial charge in [0.1, 0.15) is 18.1 Å². The van der Waals surface area contributed by atoms with Gasteiger partial charge in [-0.2, -0.15) is 0 Å². The molecule has 9 nitrogen and oxygen atoms in total. The lowest BCUT2D eigenvalue weighted by molar-refractivity contribution is -0.123. The second-order valence-corrected chi connectivity index (χ2v) is 8.28. The fourth-order valence-electron chi connectivity index (χ4n) is 4.20. The number of hydrogen-bond donors (Lipinski definition) is 2. The van der Waals surface area contributed by atoms with E-state index in [-0.39, 0.29) is 18.4 Å².